The molecule has 0 spiro atoms. The van der Waals surface area contributed by atoms with E-state index in [4.69, 9.17) is 0 Å². The topological polar surface area (TPSA) is 71.8 Å². The van der Waals surface area contributed by atoms with Crippen LogP contribution in [-0.4, -0.2) is 27.2 Å². The Morgan fingerprint density at radius 1 is 0.939 bits per heavy atom. The lowest BCUT2D eigenvalue weighted by Crippen LogP contribution is -2.32. The van der Waals surface area contributed by atoms with Gasteiger partial charge in [0.2, 0.25) is 5.91 Å². The van der Waals surface area contributed by atoms with Crippen molar-refractivity contribution in [3.05, 3.63) is 108 Å². The number of hydrogen-bond donors (Lipinski definition) is 2. The van der Waals surface area contributed by atoms with E-state index in [1.54, 1.807) is 0 Å². The minimum absolute atomic E-state index is 0.0157. The van der Waals surface area contributed by atoms with Crippen LogP contribution in [0.15, 0.2) is 91.5 Å². The van der Waals surface area contributed by atoms with Gasteiger partial charge in [-0.25, -0.2) is 9.67 Å². The summed E-state index contributed by atoms with van der Waals surface area (Å²) in [6.07, 6.45) is -1.95. The summed E-state index contributed by atoms with van der Waals surface area (Å²) >= 11 is 0. The molecule has 33 heavy (non-hydrogen) atoms. The number of hydrogen-bond acceptors (Lipinski definition) is 4. The number of carbonyl (C=O) groups is 1. The predicted octanol–water partition coefficient (Wildman–Crippen LogP) is 4.60. The molecule has 0 atom stereocenters. The average Bonchev–Trinajstić information content (AvgIpc) is 3.35. The zero-order valence-corrected chi connectivity index (χ0v) is 17.3. The van der Waals surface area contributed by atoms with Crippen molar-refractivity contribution in [3.8, 4) is 5.69 Å². The number of nitrogens with one attached hydrogen (secondary N) is 2. The van der Waals surface area contributed by atoms with Crippen molar-refractivity contribution in [2.75, 3.05) is 11.9 Å². The molecule has 1 heterocycles. The molecule has 0 saturated carbocycles. The van der Waals surface area contributed by atoms with Gasteiger partial charge >= 0.3 is 6.18 Å². The Morgan fingerprint density at radius 3 is 2.12 bits per heavy atom. The van der Waals surface area contributed by atoms with Crippen LogP contribution in [-0.2, 0) is 11.0 Å². The number of nitrogens with zero attached hydrogens (tertiary/aromatic N) is 3. The number of rotatable bonds is 7. The molecule has 0 fully saturated rings. The van der Waals surface area contributed by atoms with Gasteiger partial charge < -0.3 is 5.32 Å². The van der Waals surface area contributed by atoms with Crippen LogP contribution in [0.2, 0.25) is 0 Å². The number of halogens is 3. The van der Waals surface area contributed by atoms with Crippen LogP contribution in [0, 0.1) is 0 Å². The maximum absolute atomic E-state index is 13.2. The number of alkyl halides is 3. The second-order valence-electron chi connectivity index (χ2n) is 7.25. The van der Waals surface area contributed by atoms with Gasteiger partial charge in [0.15, 0.2) is 0 Å². The molecule has 0 unspecified atom stereocenters. The van der Waals surface area contributed by atoms with Gasteiger partial charge in [-0.15, -0.1) is 0 Å². The summed E-state index contributed by atoms with van der Waals surface area (Å²) in [7, 11) is 0. The van der Waals surface area contributed by atoms with E-state index in [0.29, 0.717) is 0 Å². The Morgan fingerprint density at radius 2 is 1.58 bits per heavy atom. The Bertz CT molecular complexity index is 1160. The highest BCUT2D eigenvalue weighted by molar-refractivity contribution is 5.94. The van der Waals surface area contributed by atoms with Crippen LogP contribution in [0.4, 0.5) is 18.9 Å². The molecule has 4 rings (SSSR count). The van der Waals surface area contributed by atoms with Gasteiger partial charge in [-0.05, 0) is 29.3 Å². The fourth-order valence-electron chi connectivity index (χ4n) is 3.45. The molecule has 0 aliphatic heterocycles. The highest BCUT2D eigenvalue weighted by Gasteiger charge is 2.31. The number of amides is 1. The second kappa shape index (κ2) is 9.66. The van der Waals surface area contributed by atoms with Crippen LogP contribution < -0.4 is 10.6 Å². The summed E-state index contributed by atoms with van der Waals surface area (Å²) in [5, 5.41) is 9.74. The summed E-state index contributed by atoms with van der Waals surface area (Å²) in [5.74, 6) is -0.493. The first-order valence-corrected chi connectivity index (χ1v) is 10.1. The van der Waals surface area contributed by atoms with E-state index in [-0.39, 0.29) is 24.0 Å². The first-order valence-electron chi connectivity index (χ1n) is 10.1. The molecule has 2 N–H and O–H groups in total. The molecule has 0 aliphatic carbocycles. The van der Waals surface area contributed by atoms with E-state index in [2.05, 4.69) is 20.7 Å². The Kier molecular flexibility index (Phi) is 6.50. The number of anilines is 1. The van der Waals surface area contributed by atoms with Gasteiger partial charge in [-0.1, -0.05) is 60.7 Å². The van der Waals surface area contributed by atoms with Crippen molar-refractivity contribution in [3.63, 3.8) is 0 Å². The van der Waals surface area contributed by atoms with Crippen molar-refractivity contribution < 1.29 is 18.0 Å². The number of aromatic nitrogens is 3. The first kappa shape index (κ1) is 22.2. The third-order valence-electron chi connectivity index (χ3n) is 5.00. The van der Waals surface area contributed by atoms with Crippen molar-refractivity contribution in [1.82, 2.24) is 20.1 Å². The monoisotopic (exact) mass is 451 g/mol. The molecule has 0 aliphatic rings. The van der Waals surface area contributed by atoms with E-state index in [1.165, 1.54) is 23.4 Å². The molecule has 0 radical (unpaired) electrons. The molecule has 0 bridgehead atoms. The highest BCUT2D eigenvalue weighted by atomic mass is 19.4. The largest absolute Gasteiger partial charge is 0.416 e. The Balaban J connectivity index is 1.55. The molecule has 4 aromatic rings. The van der Waals surface area contributed by atoms with Gasteiger partial charge in [-0.2, -0.15) is 18.3 Å². The van der Waals surface area contributed by atoms with Gasteiger partial charge in [-0.3, -0.25) is 10.1 Å². The standard InChI is InChI=1S/C24H20F3N5O/c25-24(26,27)19-11-12-21(32-16-28-15-30-32)20(13-19)31-22(33)14-29-23(17-7-3-1-4-8-17)18-9-5-2-6-10-18/h1-13,15-16,23,29H,14H2,(H,31,33). The Labute approximate surface area is 188 Å². The van der Waals surface area contributed by atoms with Gasteiger partial charge in [0, 0.05) is 0 Å². The average molecular weight is 451 g/mol. The molecule has 1 amide bonds. The van der Waals surface area contributed by atoms with Crippen LogP contribution in [0.25, 0.3) is 5.69 Å². The fourth-order valence-corrected chi connectivity index (χ4v) is 3.45. The van der Waals surface area contributed by atoms with E-state index in [9.17, 15) is 18.0 Å². The first-order chi connectivity index (χ1) is 15.9. The molecule has 3 aromatic carbocycles. The smallest absolute Gasteiger partial charge is 0.323 e. The van der Waals surface area contributed by atoms with E-state index >= 15 is 0 Å². The lowest BCUT2D eigenvalue weighted by atomic mass is 9.99. The molecular weight excluding hydrogens is 431 g/mol. The molecular formula is C24H20F3N5O. The summed E-state index contributed by atoms with van der Waals surface area (Å²) in [5.41, 5.74) is 1.30. The third kappa shape index (κ3) is 5.45. The molecule has 6 nitrogen and oxygen atoms in total. The second-order valence-corrected chi connectivity index (χ2v) is 7.25. The van der Waals surface area contributed by atoms with Gasteiger partial charge in [0.25, 0.3) is 0 Å². The summed E-state index contributed by atoms with van der Waals surface area (Å²) < 4.78 is 41.0. The van der Waals surface area contributed by atoms with E-state index in [1.807, 2.05) is 60.7 Å². The lowest BCUT2D eigenvalue weighted by molar-refractivity contribution is -0.137. The van der Waals surface area contributed by atoms with Crippen LogP contribution in [0.5, 0.6) is 0 Å². The zero-order valence-electron chi connectivity index (χ0n) is 17.3. The Hall–Kier alpha value is -3.98. The minimum atomic E-state index is -4.55. The summed E-state index contributed by atoms with van der Waals surface area (Å²) in [6.45, 7) is -0.124. The highest BCUT2D eigenvalue weighted by Crippen LogP contribution is 2.33. The summed E-state index contributed by atoms with van der Waals surface area (Å²) in [6, 6.07) is 22.0. The minimum Gasteiger partial charge on any atom is -0.323 e. The van der Waals surface area contributed by atoms with Crippen molar-refractivity contribution >= 4 is 11.6 Å². The van der Waals surface area contributed by atoms with Crippen molar-refractivity contribution in [2.45, 2.75) is 12.2 Å². The quantitative estimate of drug-likeness (QED) is 0.431. The molecule has 168 valence electrons. The fraction of sp³-hybridized carbons (Fsp3) is 0.125. The SMILES string of the molecule is O=C(CNC(c1ccccc1)c1ccccc1)Nc1cc(C(F)(F)F)ccc1-n1cncn1. The van der Waals surface area contributed by atoms with Crippen LogP contribution >= 0.6 is 0 Å². The molecule has 0 saturated heterocycles. The lowest BCUT2D eigenvalue weighted by Gasteiger charge is -2.20. The van der Waals surface area contributed by atoms with Gasteiger partial charge in [0.05, 0.1) is 29.5 Å². The molecule has 1 aromatic heterocycles. The maximum Gasteiger partial charge on any atom is 0.416 e. The van der Waals surface area contributed by atoms with Crippen LogP contribution in [0.1, 0.15) is 22.7 Å². The normalized spacial score (nSPS) is 11.5. The van der Waals surface area contributed by atoms with Crippen molar-refractivity contribution in [2.24, 2.45) is 0 Å². The summed E-state index contributed by atoms with van der Waals surface area (Å²) in [4.78, 5) is 16.6. The van der Waals surface area contributed by atoms with E-state index < -0.39 is 17.6 Å². The zero-order chi connectivity index (χ0) is 23.3. The van der Waals surface area contributed by atoms with Crippen molar-refractivity contribution in [1.29, 1.82) is 0 Å². The number of benzene rings is 3. The van der Waals surface area contributed by atoms with Crippen LogP contribution in [0.3, 0.4) is 0 Å². The number of carbonyl (C=O) groups excluding carboxylic acids is 1. The van der Waals surface area contributed by atoms with Gasteiger partial charge in [0.1, 0.15) is 12.7 Å². The predicted molar refractivity (Wildman–Crippen MR) is 118 cm³/mol. The third-order valence-corrected chi connectivity index (χ3v) is 5.00. The van der Waals surface area contributed by atoms with E-state index in [0.717, 1.165) is 23.3 Å². The maximum atomic E-state index is 13.2. The molecule has 9 heteroatoms.